The minimum Gasteiger partial charge on any atom is -0.399 e. The molecule has 0 radical (unpaired) electrons. The highest BCUT2D eigenvalue weighted by Crippen LogP contribution is 2.30. The Balaban J connectivity index is 1.88. The Hall–Kier alpha value is -1.55. The van der Waals surface area contributed by atoms with Crippen LogP contribution in [0.4, 0.5) is 5.69 Å². The van der Waals surface area contributed by atoms with Crippen LogP contribution >= 0.6 is 0 Å². The van der Waals surface area contributed by atoms with Crippen molar-refractivity contribution in [3.05, 3.63) is 29.8 Å². The van der Waals surface area contributed by atoms with Crippen LogP contribution in [0.2, 0.25) is 0 Å². The first kappa shape index (κ1) is 12.9. The predicted molar refractivity (Wildman–Crippen MR) is 71.1 cm³/mol. The highest BCUT2D eigenvalue weighted by atomic mass is 16.3. The van der Waals surface area contributed by atoms with Gasteiger partial charge in [0, 0.05) is 24.4 Å². The third kappa shape index (κ3) is 3.01. The minimum absolute atomic E-state index is 0.0918. The van der Waals surface area contributed by atoms with E-state index in [9.17, 15) is 9.90 Å². The van der Waals surface area contributed by atoms with Gasteiger partial charge < -0.3 is 16.2 Å². The molecule has 0 aliphatic heterocycles. The van der Waals surface area contributed by atoms with E-state index in [1.54, 1.807) is 24.3 Å². The fourth-order valence-corrected chi connectivity index (χ4v) is 2.63. The number of aliphatic hydroxyl groups excluding tert-OH is 1. The molecule has 1 saturated carbocycles. The molecule has 4 N–H and O–H groups in total. The van der Waals surface area contributed by atoms with Gasteiger partial charge in [0.25, 0.3) is 5.91 Å². The van der Waals surface area contributed by atoms with Crippen LogP contribution in [0.25, 0.3) is 0 Å². The van der Waals surface area contributed by atoms with Crippen molar-refractivity contribution in [2.24, 2.45) is 11.8 Å². The third-order valence-electron chi connectivity index (χ3n) is 3.72. The van der Waals surface area contributed by atoms with Crippen LogP contribution in [0.1, 0.15) is 29.6 Å². The minimum atomic E-state index is -0.0918. The number of benzene rings is 1. The fourth-order valence-electron chi connectivity index (χ4n) is 2.63. The number of anilines is 1. The highest BCUT2D eigenvalue weighted by molar-refractivity contribution is 5.94. The standard InChI is InChI=1S/C14H20N2O2/c15-13-6-2-3-10(7-13)14(18)16-8-11-4-1-5-12(11)9-17/h2-3,6-7,11-12,17H,1,4-5,8-9,15H2,(H,16,18). The van der Waals surface area contributed by atoms with Gasteiger partial charge in [-0.1, -0.05) is 12.5 Å². The summed E-state index contributed by atoms with van der Waals surface area (Å²) in [5.41, 5.74) is 6.83. The molecule has 0 saturated heterocycles. The number of nitrogens with one attached hydrogen (secondary N) is 1. The highest BCUT2D eigenvalue weighted by Gasteiger charge is 2.26. The maximum Gasteiger partial charge on any atom is 0.251 e. The molecule has 0 heterocycles. The molecule has 1 aromatic rings. The van der Waals surface area contributed by atoms with E-state index in [1.165, 1.54) is 0 Å². The Morgan fingerprint density at radius 2 is 2.17 bits per heavy atom. The average molecular weight is 248 g/mol. The second-order valence-corrected chi connectivity index (χ2v) is 4.97. The van der Waals surface area contributed by atoms with Crippen LogP contribution in [0.15, 0.2) is 24.3 Å². The molecule has 4 nitrogen and oxygen atoms in total. The number of aliphatic hydroxyl groups is 1. The lowest BCUT2D eigenvalue weighted by molar-refractivity contribution is 0.0938. The van der Waals surface area contributed by atoms with Crippen molar-refractivity contribution in [1.82, 2.24) is 5.32 Å². The second kappa shape index (κ2) is 5.87. The molecular weight excluding hydrogens is 228 g/mol. The summed E-state index contributed by atoms with van der Waals surface area (Å²) >= 11 is 0. The van der Waals surface area contributed by atoms with Crippen molar-refractivity contribution in [2.45, 2.75) is 19.3 Å². The van der Waals surface area contributed by atoms with Crippen LogP contribution < -0.4 is 11.1 Å². The molecular formula is C14H20N2O2. The summed E-state index contributed by atoms with van der Waals surface area (Å²) in [5, 5.41) is 12.2. The number of amides is 1. The first-order valence-corrected chi connectivity index (χ1v) is 6.45. The number of carbonyl (C=O) groups is 1. The van der Waals surface area contributed by atoms with E-state index in [-0.39, 0.29) is 12.5 Å². The van der Waals surface area contributed by atoms with Crippen LogP contribution in [-0.4, -0.2) is 24.2 Å². The lowest BCUT2D eigenvalue weighted by atomic mass is 9.97. The maximum atomic E-state index is 11.9. The Kier molecular flexibility index (Phi) is 4.20. The normalized spacial score (nSPS) is 22.9. The zero-order valence-electron chi connectivity index (χ0n) is 10.4. The Labute approximate surface area is 107 Å². The van der Waals surface area contributed by atoms with E-state index >= 15 is 0 Å². The van der Waals surface area contributed by atoms with E-state index < -0.39 is 0 Å². The first-order valence-electron chi connectivity index (χ1n) is 6.45. The molecule has 0 bridgehead atoms. The molecule has 0 aromatic heterocycles. The van der Waals surface area contributed by atoms with Gasteiger partial charge in [0.1, 0.15) is 0 Å². The van der Waals surface area contributed by atoms with Gasteiger partial charge in [0.05, 0.1) is 0 Å². The van der Waals surface area contributed by atoms with Crippen molar-refractivity contribution in [1.29, 1.82) is 0 Å². The Morgan fingerprint density at radius 3 is 2.89 bits per heavy atom. The number of nitrogen functional groups attached to an aromatic ring is 1. The smallest absolute Gasteiger partial charge is 0.251 e. The van der Waals surface area contributed by atoms with Crippen LogP contribution in [0.5, 0.6) is 0 Å². The molecule has 1 aliphatic carbocycles. The second-order valence-electron chi connectivity index (χ2n) is 4.97. The molecule has 0 spiro atoms. The van der Waals surface area contributed by atoms with E-state index in [0.717, 1.165) is 19.3 Å². The molecule has 1 amide bonds. The molecule has 2 atom stereocenters. The van der Waals surface area contributed by atoms with Gasteiger partial charge in [-0.05, 0) is 42.9 Å². The van der Waals surface area contributed by atoms with Gasteiger partial charge in [-0.2, -0.15) is 0 Å². The summed E-state index contributed by atoms with van der Waals surface area (Å²) in [6.07, 6.45) is 3.29. The Morgan fingerprint density at radius 1 is 1.39 bits per heavy atom. The van der Waals surface area contributed by atoms with E-state index in [4.69, 9.17) is 5.73 Å². The molecule has 1 fully saturated rings. The van der Waals surface area contributed by atoms with Gasteiger partial charge in [-0.3, -0.25) is 4.79 Å². The van der Waals surface area contributed by atoms with Crippen LogP contribution in [0, 0.1) is 11.8 Å². The number of nitrogens with two attached hydrogens (primary N) is 1. The molecule has 2 unspecified atom stereocenters. The van der Waals surface area contributed by atoms with Crippen molar-refractivity contribution in [2.75, 3.05) is 18.9 Å². The number of rotatable bonds is 4. The third-order valence-corrected chi connectivity index (χ3v) is 3.72. The molecule has 98 valence electrons. The fraction of sp³-hybridized carbons (Fsp3) is 0.500. The molecule has 1 aromatic carbocycles. The lowest BCUT2D eigenvalue weighted by Crippen LogP contribution is -2.31. The summed E-state index contributed by atoms with van der Waals surface area (Å²) in [6.45, 7) is 0.859. The van der Waals surface area contributed by atoms with Crippen molar-refractivity contribution in [3.63, 3.8) is 0 Å². The van der Waals surface area contributed by atoms with Gasteiger partial charge in [0.15, 0.2) is 0 Å². The Bertz CT molecular complexity index is 420. The van der Waals surface area contributed by atoms with E-state index in [1.807, 2.05) is 0 Å². The summed E-state index contributed by atoms with van der Waals surface area (Å²) in [7, 11) is 0. The van der Waals surface area contributed by atoms with Gasteiger partial charge >= 0.3 is 0 Å². The number of hydrogen-bond donors (Lipinski definition) is 3. The molecule has 4 heteroatoms. The summed E-state index contributed by atoms with van der Waals surface area (Å²) in [6, 6.07) is 6.96. The zero-order chi connectivity index (χ0) is 13.0. The summed E-state index contributed by atoms with van der Waals surface area (Å²) in [5.74, 6) is 0.650. The summed E-state index contributed by atoms with van der Waals surface area (Å²) < 4.78 is 0. The van der Waals surface area contributed by atoms with Gasteiger partial charge in [-0.15, -0.1) is 0 Å². The largest absolute Gasteiger partial charge is 0.399 e. The van der Waals surface area contributed by atoms with Gasteiger partial charge in [0.2, 0.25) is 0 Å². The van der Waals surface area contributed by atoms with Crippen LogP contribution in [0.3, 0.4) is 0 Å². The lowest BCUT2D eigenvalue weighted by Gasteiger charge is -2.17. The number of hydrogen-bond acceptors (Lipinski definition) is 3. The predicted octanol–water partition coefficient (Wildman–Crippen LogP) is 1.41. The van der Waals surface area contributed by atoms with E-state index in [0.29, 0.717) is 29.6 Å². The van der Waals surface area contributed by atoms with Gasteiger partial charge in [-0.25, -0.2) is 0 Å². The first-order chi connectivity index (χ1) is 8.70. The monoisotopic (exact) mass is 248 g/mol. The SMILES string of the molecule is Nc1cccc(C(=O)NCC2CCCC2CO)c1. The van der Waals surface area contributed by atoms with Crippen molar-refractivity contribution in [3.8, 4) is 0 Å². The zero-order valence-corrected chi connectivity index (χ0v) is 10.4. The molecule has 1 aliphatic rings. The quantitative estimate of drug-likeness (QED) is 0.705. The molecule has 18 heavy (non-hydrogen) atoms. The topological polar surface area (TPSA) is 75.4 Å². The van der Waals surface area contributed by atoms with Crippen molar-refractivity contribution >= 4 is 11.6 Å². The van der Waals surface area contributed by atoms with Crippen molar-refractivity contribution < 1.29 is 9.90 Å². The van der Waals surface area contributed by atoms with E-state index in [2.05, 4.69) is 5.32 Å². The maximum absolute atomic E-state index is 11.9. The molecule has 2 rings (SSSR count). The van der Waals surface area contributed by atoms with Crippen LogP contribution in [-0.2, 0) is 0 Å². The average Bonchev–Trinajstić information content (AvgIpc) is 2.83. The summed E-state index contributed by atoms with van der Waals surface area (Å²) in [4.78, 5) is 11.9. The number of carbonyl (C=O) groups excluding carboxylic acids is 1.